The Bertz CT molecular complexity index is 1070. The van der Waals surface area contributed by atoms with Crippen molar-refractivity contribution in [1.29, 1.82) is 0 Å². The van der Waals surface area contributed by atoms with Crippen LogP contribution in [0.1, 0.15) is 18.1 Å². The third-order valence-electron chi connectivity index (χ3n) is 6.28. The molecule has 0 saturated carbocycles. The summed E-state index contributed by atoms with van der Waals surface area (Å²) in [6, 6.07) is 18.0. The topological polar surface area (TPSA) is 21.5 Å². The number of nitrogens with one attached hydrogen (secondary N) is 1. The van der Waals surface area contributed by atoms with Crippen molar-refractivity contribution in [3.63, 3.8) is 0 Å². The summed E-state index contributed by atoms with van der Waals surface area (Å²) in [5.41, 5.74) is 10.1. The molecule has 1 fully saturated rings. The molecule has 2 aliphatic rings. The molecule has 4 rings (SSSR count). The van der Waals surface area contributed by atoms with Gasteiger partial charge in [0.1, 0.15) is 14.1 Å². The van der Waals surface area contributed by atoms with Gasteiger partial charge in [0.25, 0.3) is 0 Å². The van der Waals surface area contributed by atoms with E-state index in [0.717, 1.165) is 26.2 Å². The Morgan fingerprint density at radius 3 is 2.00 bits per heavy atom. The lowest BCUT2D eigenvalue weighted by Crippen LogP contribution is -2.43. The van der Waals surface area contributed by atoms with E-state index in [4.69, 9.17) is 0 Å². The van der Waals surface area contributed by atoms with Gasteiger partial charge in [0.05, 0.1) is 0 Å². The molecular formula is C28H35N4+. The average Bonchev–Trinajstić information content (AvgIpc) is 2.80. The van der Waals surface area contributed by atoms with E-state index in [2.05, 4.69) is 122 Å². The first-order chi connectivity index (χ1) is 15.4. The molecule has 1 heterocycles. The lowest BCUT2D eigenvalue weighted by Gasteiger charge is -2.29. The van der Waals surface area contributed by atoms with Crippen LogP contribution in [0.15, 0.2) is 77.9 Å². The van der Waals surface area contributed by atoms with Crippen molar-refractivity contribution in [2.24, 2.45) is 0 Å². The predicted octanol–water partition coefficient (Wildman–Crippen LogP) is 4.19. The van der Waals surface area contributed by atoms with Crippen LogP contribution in [-0.4, -0.2) is 64.7 Å². The smallest absolute Gasteiger partial charge is 0.202 e. The summed E-state index contributed by atoms with van der Waals surface area (Å²) >= 11 is 0. The molecule has 0 radical (unpaired) electrons. The standard InChI is InChI=1S/C28H35N4/c1-21-20-24(10-15-27(21)31(4)5)28(22-6-11-25(12-7-22)30(2)3)23-8-13-26(14-9-23)32-18-16-29-17-19-32/h6-15,20,29H,16-19H2,1-5H3/q+1. The molecular weight excluding hydrogens is 392 g/mol. The first-order valence-corrected chi connectivity index (χ1v) is 11.4. The molecule has 1 saturated heterocycles. The maximum Gasteiger partial charge on any atom is 0.202 e. The molecule has 32 heavy (non-hydrogen) atoms. The highest BCUT2D eigenvalue weighted by atomic mass is 15.2. The van der Waals surface area contributed by atoms with Gasteiger partial charge in [-0.1, -0.05) is 24.3 Å². The third kappa shape index (κ3) is 4.71. The first-order valence-electron chi connectivity index (χ1n) is 11.4. The van der Waals surface area contributed by atoms with E-state index in [1.165, 1.54) is 44.9 Å². The van der Waals surface area contributed by atoms with Gasteiger partial charge in [-0.15, -0.1) is 0 Å². The summed E-state index contributed by atoms with van der Waals surface area (Å²) in [5, 5.41) is 3.43. The summed E-state index contributed by atoms with van der Waals surface area (Å²) < 4.78 is 2.17. The highest BCUT2D eigenvalue weighted by Gasteiger charge is 2.17. The van der Waals surface area contributed by atoms with Crippen LogP contribution in [0.4, 0.5) is 11.4 Å². The molecule has 2 aromatic rings. The molecule has 0 spiro atoms. The van der Waals surface area contributed by atoms with Crippen molar-refractivity contribution in [1.82, 2.24) is 5.32 Å². The highest BCUT2D eigenvalue weighted by Crippen LogP contribution is 2.33. The fourth-order valence-corrected chi connectivity index (χ4v) is 4.50. The summed E-state index contributed by atoms with van der Waals surface area (Å²) in [6.45, 7) is 6.42. The number of benzene rings is 2. The van der Waals surface area contributed by atoms with Crippen molar-refractivity contribution in [2.45, 2.75) is 6.92 Å². The lowest BCUT2D eigenvalue weighted by atomic mass is 9.89. The first kappa shape index (κ1) is 22.1. The summed E-state index contributed by atoms with van der Waals surface area (Å²) in [5.74, 6) is 0. The summed E-state index contributed by atoms with van der Waals surface area (Å²) in [7, 11) is 8.36. The van der Waals surface area contributed by atoms with Crippen molar-refractivity contribution in [3.05, 3.63) is 89.0 Å². The molecule has 0 unspecified atom stereocenters. The zero-order valence-corrected chi connectivity index (χ0v) is 20.0. The maximum atomic E-state index is 3.43. The minimum Gasteiger partial charge on any atom is -0.378 e. The number of anilines is 2. The van der Waals surface area contributed by atoms with Crippen molar-refractivity contribution in [2.75, 3.05) is 64.2 Å². The molecule has 0 bridgehead atoms. The Balaban J connectivity index is 1.78. The lowest BCUT2D eigenvalue weighted by molar-refractivity contribution is -0.463. The van der Waals surface area contributed by atoms with Crippen LogP contribution in [0.5, 0.6) is 0 Å². The molecule has 4 nitrogen and oxygen atoms in total. The Kier molecular flexibility index (Phi) is 6.61. The van der Waals surface area contributed by atoms with Crippen LogP contribution in [0.3, 0.4) is 0 Å². The Morgan fingerprint density at radius 2 is 1.47 bits per heavy atom. The van der Waals surface area contributed by atoms with E-state index in [1.54, 1.807) is 0 Å². The van der Waals surface area contributed by atoms with Gasteiger partial charge in [-0.25, -0.2) is 4.58 Å². The Morgan fingerprint density at radius 1 is 0.875 bits per heavy atom. The van der Waals surface area contributed by atoms with Gasteiger partial charge in [-0.05, 0) is 65.6 Å². The molecule has 4 heteroatoms. The van der Waals surface area contributed by atoms with E-state index < -0.39 is 0 Å². The number of nitrogens with zero attached hydrogens (tertiary/aromatic N) is 3. The van der Waals surface area contributed by atoms with E-state index in [-0.39, 0.29) is 0 Å². The normalized spacial score (nSPS) is 17.8. The van der Waals surface area contributed by atoms with E-state index in [0.29, 0.717) is 0 Å². The zero-order valence-electron chi connectivity index (χ0n) is 20.0. The van der Waals surface area contributed by atoms with Crippen LogP contribution in [-0.2, 0) is 0 Å². The minimum atomic E-state index is 1.05. The fraction of sp³-hybridized carbons (Fsp3) is 0.321. The van der Waals surface area contributed by atoms with Gasteiger partial charge in [-0.2, -0.15) is 0 Å². The molecule has 0 aromatic heterocycles. The van der Waals surface area contributed by atoms with Crippen molar-refractivity contribution < 1.29 is 4.58 Å². The fourth-order valence-electron chi connectivity index (χ4n) is 4.50. The molecule has 1 N–H and O–H groups in total. The molecule has 0 atom stereocenters. The van der Waals surface area contributed by atoms with E-state index in [9.17, 15) is 0 Å². The molecule has 0 amide bonds. The number of hydrogen-bond donors (Lipinski definition) is 1. The zero-order chi connectivity index (χ0) is 22.7. The Hall–Kier alpha value is -3.11. The van der Waals surface area contributed by atoms with Crippen LogP contribution in [0.2, 0.25) is 0 Å². The van der Waals surface area contributed by atoms with Crippen LogP contribution in [0, 0.1) is 0 Å². The van der Waals surface area contributed by atoms with Gasteiger partial charge in [0.2, 0.25) is 5.71 Å². The second-order valence-corrected chi connectivity index (χ2v) is 9.00. The van der Waals surface area contributed by atoms with Gasteiger partial charge >= 0.3 is 0 Å². The largest absolute Gasteiger partial charge is 0.378 e. The quantitative estimate of drug-likeness (QED) is 0.740. The van der Waals surface area contributed by atoms with Crippen LogP contribution < -0.4 is 15.1 Å². The molecule has 1 aliphatic heterocycles. The van der Waals surface area contributed by atoms with Crippen LogP contribution >= 0.6 is 0 Å². The van der Waals surface area contributed by atoms with Gasteiger partial charge in [-0.3, -0.25) is 0 Å². The molecule has 2 aromatic carbocycles. The average molecular weight is 428 g/mol. The number of piperazine rings is 1. The third-order valence-corrected chi connectivity index (χ3v) is 6.28. The van der Waals surface area contributed by atoms with E-state index >= 15 is 0 Å². The van der Waals surface area contributed by atoms with Crippen LogP contribution in [0.25, 0.3) is 5.57 Å². The number of allylic oxidation sites excluding steroid dienone is 5. The van der Waals surface area contributed by atoms with Gasteiger partial charge < -0.3 is 15.1 Å². The molecule has 166 valence electrons. The Labute approximate surface area is 192 Å². The van der Waals surface area contributed by atoms with Crippen molar-refractivity contribution >= 4 is 22.7 Å². The predicted molar refractivity (Wildman–Crippen MR) is 138 cm³/mol. The summed E-state index contributed by atoms with van der Waals surface area (Å²) in [4.78, 5) is 4.60. The van der Waals surface area contributed by atoms with Crippen molar-refractivity contribution in [3.8, 4) is 0 Å². The number of hydrogen-bond acceptors (Lipinski definition) is 3. The number of rotatable bonds is 4. The monoisotopic (exact) mass is 427 g/mol. The molecule has 1 aliphatic carbocycles. The van der Waals surface area contributed by atoms with Gasteiger partial charge in [0.15, 0.2) is 0 Å². The summed E-state index contributed by atoms with van der Waals surface area (Å²) in [6.07, 6.45) is 6.80. The minimum absolute atomic E-state index is 1.05. The maximum absolute atomic E-state index is 3.43. The second kappa shape index (κ2) is 9.58. The van der Waals surface area contributed by atoms with Gasteiger partial charge in [0, 0.05) is 63.3 Å². The SMILES string of the molecule is CC1=CC(=C(c2ccc(N(C)C)cc2)c2ccc(N3CCNCC3)cc2)C=CC1=[N+](C)C. The van der Waals surface area contributed by atoms with E-state index in [1.807, 2.05) is 0 Å². The highest BCUT2D eigenvalue weighted by molar-refractivity contribution is 6.07. The second-order valence-electron chi connectivity index (χ2n) is 9.00.